The highest BCUT2D eigenvalue weighted by atomic mass is 15.4. The molecule has 9 heteroatoms. The van der Waals surface area contributed by atoms with Crippen molar-refractivity contribution < 1.29 is 0 Å². The lowest BCUT2D eigenvalue weighted by molar-refractivity contribution is 0.391. The zero-order valence-corrected chi connectivity index (χ0v) is 17.2. The topological polar surface area (TPSA) is 88.2 Å². The van der Waals surface area contributed by atoms with E-state index in [2.05, 4.69) is 49.1 Å². The number of nitrogens with one attached hydrogen (secondary N) is 2. The van der Waals surface area contributed by atoms with Gasteiger partial charge in [-0.05, 0) is 6.42 Å². The Balaban J connectivity index is 1.58. The number of guanidine groups is 1. The van der Waals surface area contributed by atoms with Gasteiger partial charge in [0, 0.05) is 46.6 Å². The van der Waals surface area contributed by atoms with E-state index in [4.69, 9.17) is 0 Å². The van der Waals surface area contributed by atoms with Gasteiger partial charge in [-0.1, -0.05) is 13.8 Å². The standard InChI is InChI=1S/C18H31N9/c1-12(2)16-23-15-8-7-13(11-27(15)24-16)22-17(19-3)20-9-14-10-21-18(25(4)5)26(14)6/h10,12-13H,7-9,11H2,1-6H3,(H2,19,20,22). The molecule has 0 aromatic carbocycles. The van der Waals surface area contributed by atoms with Crippen LogP contribution in [0.3, 0.4) is 0 Å². The van der Waals surface area contributed by atoms with Crippen LogP contribution in [0.15, 0.2) is 11.2 Å². The van der Waals surface area contributed by atoms with Gasteiger partial charge >= 0.3 is 0 Å². The third-order valence-corrected chi connectivity index (χ3v) is 4.85. The number of anilines is 1. The number of aromatic nitrogens is 5. The summed E-state index contributed by atoms with van der Waals surface area (Å²) in [6, 6.07) is 0.286. The highest BCUT2D eigenvalue weighted by Crippen LogP contribution is 2.17. The average molecular weight is 374 g/mol. The monoisotopic (exact) mass is 373 g/mol. The molecule has 2 aromatic heterocycles. The number of aliphatic imine (C=N–C) groups is 1. The van der Waals surface area contributed by atoms with Crippen molar-refractivity contribution in [1.29, 1.82) is 0 Å². The van der Waals surface area contributed by atoms with Gasteiger partial charge in [0.1, 0.15) is 5.82 Å². The summed E-state index contributed by atoms with van der Waals surface area (Å²) in [6.07, 6.45) is 3.85. The maximum absolute atomic E-state index is 4.65. The Bertz CT molecular complexity index is 800. The van der Waals surface area contributed by atoms with Gasteiger partial charge in [-0.3, -0.25) is 4.99 Å². The molecular weight excluding hydrogens is 342 g/mol. The van der Waals surface area contributed by atoms with Gasteiger partial charge in [-0.25, -0.2) is 14.6 Å². The number of rotatable bonds is 5. The van der Waals surface area contributed by atoms with Crippen LogP contribution < -0.4 is 15.5 Å². The van der Waals surface area contributed by atoms with Crippen LogP contribution in [0.2, 0.25) is 0 Å². The second kappa shape index (κ2) is 7.98. The first-order valence-corrected chi connectivity index (χ1v) is 9.47. The predicted octanol–water partition coefficient (Wildman–Crippen LogP) is 0.881. The van der Waals surface area contributed by atoms with E-state index in [-0.39, 0.29) is 6.04 Å². The van der Waals surface area contributed by atoms with Gasteiger partial charge in [0.25, 0.3) is 0 Å². The van der Waals surface area contributed by atoms with E-state index in [9.17, 15) is 0 Å². The maximum Gasteiger partial charge on any atom is 0.204 e. The molecule has 2 N–H and O–H groups in total. The van der Waals surface area contributed by atoms with E-state index >= 15 is 0 Å². The summed E-state index contributed by atoms with van der Waals surface area (Å²) in [5.41, 5.74) is 1.10. The molecule has 0 amide bonds. The van der Waals surface area contributed by atoms with Crippen molar-refractivity contribution in [3.63, 3.8) is 0 Å². The highest BCUT2D eigenvalue weighted by molar-refractivity contribution is 5.79. The molecule has 0 bridgehead atoms. The highest BCUT2D eigenvalue weighted by Gasteiger charge is 2.23. The number of nitrogens with zero attached hydrogens (tertiary/aromatic N) is 7. The number of aryl methyl sites for hydroxylation is 1. The summed E-state index contributed by atoms with van der Waals surface area (Å²) in [5, 5.41) is 11.5. The molecule has 1 aliphatic rings. The van der Waals surface area contributed by atoms with Gasteiger partial charge in [-0.2, -0.15) is 5.10 Å². The molecule has 1 atom stereocenters. The van der Waals surface area contributed by atoms with Gasteiger partial charge in [0.15, 0.2) is 11.8 Å². The molecule has 0 saturated carbocycles. The van der Waals surface area contributed by atoms with E-state index < -0.39 is 0 Å². The lowest BCUT2D eigenvalue weighted by Crippen LogP contribution is -2.47. The number of hydrogen-bond donors (Lipinski definition) is 2. The van der Waals surface area contributed by atoms with Crippen LogP contribution in [0.1, 0.15) is 43.5 Å². The van der Waals surface area contributed by atoms with E-state index in [0.29, 0.717) is 12.5 Å². The Hall–Kier alpha value is -2.58. The van der Waals surface area contributed by atoms with Gasteiger partial charge in [0.05, 0.1) is 25.0 Å². The zero-order valence-electron chi connectivity index (χ0n) is 17.2. The molecule has 0 saturated heterocycles. The molecule has 27 heavy (non-hydrogen) atoms. The second-order valence-electron chi connectivity index (χ2n) is 7.53. The van der Waals surface area contributed by atoms with Gasteiger partial charge in [-0.15, -0.1) is 0 Å². The largest absolute Gasteiger partial charge is 0.352 e. The SMILES string of the molecule is CN=C(NCc1cnc(N(C)C)n1C)NC1CCc2nc(C(C)C)nn2C1. The molecule has 3 rings (SSSR count). The van der Waals surface area contributed by atoms with Crippen molar-refractivity contribution in [3.05, 3.63) is 23.5 Å². The van der Waals surface area contributed by atoms with E-state index in [0.717, 1.165) is 48.6 Å². The van der Waals surface area contributed by atoms with Crippen molar-refractivity contribution in [3.8, 4) is 0 Å². The predicted molar refractivity (Wildman–Crippen MR) is 107 cm³/mol. The Kier molecular flexibility index (Phi) is 5.67. The summed E-state index contributed by atoms with van der Waals surface area (Å²) in [6.45, 7) is 5.73. The molecule has 0 radical (unpaired) electrons. The Labute approximate surface area is 160 Å². The molecule has 1 aliphatic heterocycles. The van der Waals surface area contributed by atoms with Crippen LogP contribution >= 0.6 is 0 Å². The van der Waals surface area contributed by atoms with Crippen LogP contribution in [0.5, 0.6) is 0 Å². The molecule has 0 fully saturated rings. The summed E-state index contributed by atoms with van der Waals surface area (Å²) in [5.74, 6) is 4.10. The van der Waals surface area contributed by atoms with E-state index in [1.54, 1.807) is 7.05 Å². The molecule has 9 nitrogen and oxygen atoms in total. The molecule has 1 unspecified atom stereocenters. The first kappa shape index (κ1) is 19.2. The number of imidazole rings is 1. The fraction of sp³-hybridized carbons (Fsp3) is 0.667. The van der Waals surface area contributed by atoms with Gasteiger partial charge in [0.2, 0.25) is 5.95 Å². The fourth-order valence-electron chi connectivity index (χ4n) is 3.27. The molecule has 148 valence electrons. The van der Waals surface area contributed by atoms with Crippen molar-refractivity contribution in [2.24, 2.45) is 12.0 Å². The first-order chi connectivity index (χ1) is 12.9. The summed E-state index contributed by atoms with van der Waals surface area (Å²) in [4.78, 5) is 15.5. The molecule has 0 aliphatic carbocycles. The minimum Gasteiger partial charge on any atom is -0.352 e. The molecule has 2 aromatic rings. The Morgan fingerprint density at radius 1 is 1.41 bits per heavy atom. The molecule has 3 heterocycles. The van der Waals surface area contributed by atoms with Crippen molar-refractivity contribution in [2.75, 3.05) is 26.0 Å². The number of hydrogen-bond acceptors (Lipinski definition) is 5. The van der Waals surface area contributed by atoms with Crippen LogP contribution in [-0.4, -0.2) is 57.5 Å². The van der Waals surface area contributed by atoms with Gasteiger partial charge < -0.3 is 20.1 Å². The lowest BCUT2D eigenvalue weighted by atomic mass is 10.1. The number of fused-ring (bicyclic) bond motifs is 1. The van der Waals surface area contributed by atoms with Crippen molar-refractivity contribution in [1.82, 2.24) is 34.9 Å². The summed E-state index contributed by atoms with van der Waals surface area (Å²) >= 11 is 0. The van der Waals surface area contributed by atoms with Crippen LogP contribution in [0.4, 0.5) is 5.95 Å². The molecule has 0 spiro atoms. The molecular formula is C18H31N9. The summed E-state index contributed by atoms with van der Waals surface area (Å²) < 4.78 is 4.12. The minimum absolute atomic E-state index is 0.286. The van der Waals surface area contributed by atoms with Crippen molar-refractivity contribution >= 4 is 11.9 Å². The second-order valence-corrected chi connectivity index (χ2v) is 7.53. The Morgan fingerprint density at radius 2 is 2.19 bits per heavy atom. The van der Waals surface area contributed by atoms with Crippen LogP contribution in [0, 0.1) is 0 Å². The first-order valence-electron chi connectivity index (χ1n) is 9.47. The maximum atomic E-state index is 4.65. The minimum atomic E-state index is 0.286. The van der Waals surface area contributed by atoms with E-state index in [1.807, 2.05) is 36.9 Å². The quantitative estimate of drug-likeness (QED) is 0.598. The Morgan fingerprint density at radius 3 is 2.81 bits per heavy atom. The third kappa shape index (κ3) is 4.23. The van der Waals surface area contributed by atoms with Crippen molar-refractivity contribution in [2.45, 2.75) is 51.7 Å². The smallest absolute Gasteiger partial charge is 0.204 e. The fourth-order valence-corrected chi connectivity index (χ4v) is 3.27. The van der Waals surface area contributed by atoms with E-state index in [1.165, 1.54) is 0 Å². The normalized spacial score (nSPS) is 17.1. The third-order valence-electron chi connectivity index (χ3n) is 4.85. The average Bonchev–Trinajstić information content (AvgIpc) is 3.21. The van der Waals surface area contributed by atoms with Crippen LogP contribution in [-0.2, 0) is 26.6 Å². The zero-order chi connectivity index (χ0) is 19.6. The summed E-state index contributed by atoms with van der Waals surface area (Å²) in [7, 11) is 7.80. The van der Waals surface area contributed by atoms with Crippen LogP contribution in [0.25, 0.3) is 0 Å². The lowest BCUT2D eigenvalue weighted by Gasteiger charge is -2.25.